The van der Waals surface area contributed by atoms with Gasteiger partial charge in [0.05, 0.1) is 17.2 Å². The summed E-state index contributed by atoms with van der Waals surface area (Å²) in [5, 5.41) is 3.13. The second kappa shape index (κ2) is 14.9. The Morgan fingerprint density at radius 2 is 1.58 bits per heavy atom. The minimum atomic E-state index is -4.15. The lowest BCUT2D eigenvalue weighted by Gasteiger charge is -2.33. The molecule has 0 aliphatic heterocycles. The van der Waals surface area contributed by atoms with Crippen LogP contribution in [0.1, 0.15) is 57.1 Å². The van der Waals surface area contributed by atoms with Crippen LogP contribution in [0.3, 0.4) is 0 Å². The van der Waals surface area contributed by atoms with Gasteiger partial charge in [0.1, 0.15) is 18.3 Å². The van der Waals surface area contributed by atoms with E-state index in [2.05, 4.69) is 21.2 Å². The van der Waals surface area contributed by atoms with Crippen molar-refractivity contribution in [1.82, 2.24) is 10.2 Å². The first-order chi connectivity index (χ1) is 20.6. The average Bonchev–Trinajstić information content (AvgIpc) is 3.00. The highest BCUT2D eigenvalue weighted by atomic mass is 79.9. The third-order valence-electron chi connectivity index (χ3n) is 7.71. The van der Waals surface area contributed by atoms with Crippen LogP contribution in [0.5, 0.6) is 5.75 Å². The number of sulfonamides is 1. The number of carbonyl (C=O) groups is 2. The molecule has 1 atom stereocenters. The van der Waals surface area contributed by atoms with Gasteiger partial charge in [-0.05, 0) is 87.7 Å². The highest BCUT2D eigenvalue weighted by Gasteiger charge is 2.33. The van der Waals surface area contributed by atoms with E-state index in [4.69, 9.17) is 4.74 Å². The molecule has 3 aromatic carbocycles. The maximum absolute atomic E-state index is 14.1. The van der Waals surface area contributed by atoms with Gasteiger partial charge in [-0.3, -0.25) is 13.9 Å². The number of nitrogens with one attached hydrogen (secondary N) is 1. The Bertz CT molecular complexity index is 1470. The van der Waals surface area contributed by atoms with Gasteiger partial charge in [0.25, 0.3) is 10.0 Å². The fraction of sp³-hybridized carbons (Fsp3) is 0.394. The van der Waals surface area contributed by atoms with Crippen LogP contribution in [0.4, 0.5) is 5.69 Å². The molecule has 1 aliphatic carbocycles. The lowest BCUT2D eigenvalue weighted by Crippen LogP contribution is -2.53. The Balaban J connectivity index is 1.66. The first-order valence-electron chi connectivity index (χ1n) is 14.7. The standard InChI is InChI=1S/C33H40BrN3O5S/c1-4-42-30-18-20-31(21-19-30)43(40,41)37(29-16-10-24(2)11-17-29)23-32(38)36(22-26-12-14-27(34)15-13-26)25(3)33(39)35-28-8-6-5-7-9-28/h10-21,25,28H,4-9,22-23H2,1-3H3,(H,35,39)/t25-/m0/s1. The molecule has 0 unspecified atom stereocenters. The second-order valence-electron chi connectivity index (χ2n) is 10.9. The number of hydrogen-bond donors (Lipinski definition) is 1. The number of ether oxygens (including phenoxy) is 1. The molecule has 10 heteroatoms. The van der Waals surface area contributed by atoms with Gasteiger partial charge in [0, 0.05) is 17.1 Å². The predicted molar refractivity (Wildman–Crippen MR) is 172 cm³/mol. The van der Waals surface area contributed by atoms with Crippen molar-refractivity contribution < 1.29 is 22.7 Å². The van der Waals surface area contributed by atoms with Crippen molar-refractivity contribution in [1.29, 1.82) is 0 Å². The minimum absolute atomic E-state index is 0.0341. The van der Waals surface area contributed by atoms with Crippen molar-refractivity contribution >= 4 is 43.5 Å². The minimum Gasteiger partial charge on any atom is -0.494 e. The van der Waals surface area contributed by atoms with E-state index in [1.165, 1.54) is 17.0 Å². The van der Waals surface area contributed by atoms with Crippen LogP contribution in [-0.4, -0.2) is 50.4 Å². The average molecular weight is 671 g/mol. The van der Waals surface area contributed by atoms with Gasteiger partial charge in [-0.1, -0.05) is 65.0 Å². The number of carbonyl (C=O) groups excluding carboxylic acids is 2. The molecule has 0 aromatic heterocycles. The van der Waals surface area contributed by atoms with Crippen molar-refractivity contribution in [3.63, 3.8) is 0 Å². The van der Waals surface area contributed by atoms with E-state index >= 15 is 0 Å². The molecular weight excluding hydrogens is 630 g/mol. The van der Waals surface area contributed by atoms with E-state index in [-0.39, 0.29) is 23.4 Å². The summed E-state index contributed by atoms with van der Waals surface area (Å²) in [7, 11) is -4.15. The van der Waals surface area contributed by atoms with Gasteiger partial charge in [0.15, 0.2) is 0 Å². The summed E-state index contributed by atoms with van der Waals surface area (Å²) in [6.45, 7) is 5.59. The number of amides is 2. The first kappa shape index (κ1) is 32.5. The Hall–Kier alpha value is -3.37. The summed E-state index contributed by atoms with van der Waals surface area (Å²) in [5.74, 6) is -0.171. The molecule has 3 aromatic rings. The lowest BCUT2D eigenvalue weighted by molar-refractivity contribution is -0.139. The van der Waals surface area contributed by atoms with E-state index in [0.717, 1.165) is 52.0 Å². The number of halogens is 1. The molecule has 230 valence electrons. The van der Waals surface area contributed by atoms with Crippen molar-refractivity contribution in [2.45, 2.75) is 76.4 Å². The predicted octanol–water partition coefficient (Wildman–Crippen LogP) is 6.22. The zero-order valence-corrected chi connectivity index (χ0v) is 27.4. The molecule has 1 aliphatic rings. The largest absolute Gasteiger partial charge is 0.494 e. The van der Waals surface area contributed by atoms with Crippen LogP contribution in [0.15, 0.2) is 82.2 Å². The lowest BCUT2D eigenvalue weighted by atomic mass is 9.95. The van der Waals surface area contributed by atoms with Crippen LogP contribution in [0.2, 0.25) is 0 Å². The highest BCUT2D eigenvalue weighted by molar-refractivity contribution is 9.10. The summed E-state index contributed by atoms with van der Waals surface area (Å²) < 4.78 is 35.6. The molecule has 1 N–H and O–H groups in total. The number of anilines is 1. The SMILES string of the molecule is CCOc1ccc(S(=O)(=O)N(CC(=O)N(Cc2ccc(Br)cc2)[C@@H](C)C(=O)NC2CCCCC2)c2ccc(C)cc2)cc1. The quantitative estimate of drug-likeness (QED) is 0.247. The summed E-state index contributed by atoms with van der Waals surface area (Å²) in [6.07, 6.45) is 5.13. The van der Waals surface area contributed by atoms with Gasteiger partial charge < -0.3 is 15.0 Å². The molecule has 0 radical (unpaired) electrons. The third kappa shape index (κ3) is 8.60. The summed E-state index contributed by atoms with van der Waals surface area (Å²) in [4.78, 5) is 29.1. The van der Waals surface area contributed by atoms with Crippen LogP contribution >= 0.6 is 15.9 Å². The molecule has 4 rings (SSSR count). The zero-order chi connectivity index (χ0) is 31.0. The summed E-state index contributed by atoms with van der Waals surface area (Å²) in [5.41, 5.74) is 2.14. The molecule has 0 saturated heterocycles. The number of hydrogen-bond acceptors (Lipinski definition) is 5. The van der Waals surface area contributed by atoms with Gasteiger partial charge >= 0.3 is 0 Å². The fourth-order valence-electron chi connectivity index (χ4n) is 5.18. The molecule has 1 saturated carbocycles. The van der Waals surface area contributed by atoms with Crippen molar-refractivity contribution in [3.05, 3.63) is 88.4 Å². The van der Waals surface area contributed by atoms with Crippen molar-refractivity contribution in [3.8, 4) is 5.75 Å². The van der Waals surface area contributed by atoms with Gasteiger partial charge in [-0.25, -0.2) is 8.42 Å². The van der Waals surface area contributed by atoms with E-state index in [1.54, 1.807) is 43.3 Å². The van der Waals surface area contributed by atoms with E-state index < -0.39 is 28.5 Å². The van der Waals surface area contributed by atoms with Crippen LogP contribution in [0, 0.1) is 6.92 Å². The number of aryl methyl sites for hydroxylation is 1. The van der Waals surface area contributed by atoms with E-state index in [9.17, 15) is 18.0 Å². The maximum atomic E-state index is 14.1. The van der Waals surface area contributed by atoms with Crippen LogP contribution in [-0.2, 0) is 26.2 Å². The van der Waals surface area contributed by atoms with Gasteiger partial charge in [0.2, 0.25) is 11.8 Å². The van der Waals surface area contributed by atoms with Crippen molar-refractivity contribution in [2.75, 3.05) is 17.5 Å². The molecule has 0 bridgehead atoms. The third-order valence-corrected chi connectivity index (χ3v) is 10.0. The van der Waals surface area contributed by atoms with Crippen molar-refractivity contribution in [2.24, 2.45) is 0 Å². The smallest absolute Gasteiger partial charge is 0.264 e. The molecule has 43 heavy (non-hydrogen) atoms. The number of nitrogens with zero attached hydrogens (tertiary/aromatic N) is 2. The molecule has 0 heterocycles. The van der Waals surface area contributed by atoms with E-state index in [1.807, 2.05) is 38.1 Å². The Kier molecular flexibility index (Phi) is 11.3. The van der Waals surface area contributed by atoms with E-state index in [0.29, 0.717) is 18.0 Å². The Morgan fingerprint density at radius 1 is 0.953 bits per heavy atom. The van der Waals surface area contributed by atoms with Gasteiger partial charge in [-0.2, -0.15) is 0 Å². The Labute approximate surface area is 263 Å². The first-order valence-corrected chi connectivity index (χ1v) is 17.0. The molecule has 0 spiro atoms. The number of rotatable bonds is 12. The number of benzene rings is 3. The maximum Gasteiger partial charge on any atom is 0.264 e. The second-order valence-corrected chi connectivity index (χ2v) is 13.7. The molecule has 2 amide bonds. The van der Waals surface area contributed by atoms with Crippen LogP contribution in [0.25, 0.3) is 0 Å². The van der Waals surface area contributed by atoms with Gasteiger partial charge in [-0.15, -0.1) is 0 Å². The highest BCUT2D eigenvalue weighted by Crippen LogP contribution is 2.27. The molecule has 8 nitrogen and oxygen atoms in total. The molecule has 1 fully saturated rings. The summed E-state index contributed by atoms with van der Waals surface area (Å²) in [6, 6.07) is 19.9. The Morgan fingerprint density at radius 3 is 2.19 bits per heavy atom. The fourth-order valence-corrected chi connectivity index (χ4v) is 6.86. The topological polar surface area (TPSA) is 96.0 Å². The van der Waals surface area contributed by atoms with Crippen LogP contribution < -0.4 is 14.4 Å². The zero-order valence-electron chi connectivity index (χ0n) is 25.0. The molecular formula is C33H40BrN3O5S. The normalized spacial score (nSPS) is 14.5. The monoisotopic (exact) mass is 669 g/mol. The summed E-state index contributed by atoms with van der Waals surface area (Å²) >= 11 is 3.44.